The number of alkyl halides is 14. The summed E-state index contributed by atoms with van der Waals surface area (Å²) in [6.45, 7) is 9.17. The van der Waals surface area contributed by atoms with Gasteiger partial charge in [-0.15, -0.1) is 162 Å². The van der Waals surface area contributed by atoms with Crippen LogP contribution in [0, 0.1) is 0 Å². The van der Waals surface area contributed by atoms with Gasteiger partial charge in [0, 0.05) is 0 Å². The molecule has 212 valence electrons. The Bertz CT molecular complexity index is 204. The molecule has 0 saturated carbocycles. The lowest BCUT2D eigenvalue weighted by molar-refractivity contribution is -0.115. The standard InChI is InChI=1S/3C3H6O.7CH2Cl2/c3*1-3(2)4;7*2-1-3/h3*1-2H3;7*1H2. The molecule has 0 amide bonds. The fourth-order valence-corrected chi connectivity index (χ4v) is 0. The highest BCUT2D eigenvalue weighted by Crippen LogP contribution is 1.75. The third-order valence-corrected chi connectivity index (χ3v) is 0. The van der Waals surface area contributed by atoms with Crippen molar-refractivity contribution in [1.82, 2.24) is 0 Å². The predicted molar refractivity (Wildman–Crippen MR) is 165 cm³/mol. The zero-order valence-electron chi connectivity index (χ0n) is 19.0. The average molecular weight is 769 g/mol. The fraction of sp³-hybridized carbons (Fsp3) is 0.812. The number of carbonyl (C=O) groups excluding carboxylic acids is 3. The predicted octanol–water partition coefficient (Wildman–Crippen LogP) is 11.7. The molecule has 0 spiro atoms. The number of rotatable bonds is 0. The summed E-state index contributed by atoms with van der Waals surface area (Å²) >= 11 is 66.7. The molecule has 33 heavy (non-hydrogen) atoms. The molecule has 0 aromatic heterocycles. The first-order chi connectivity index (χ1) is 15.1. The van der Waals surface area contributed by atoms with Gasteiger partial charge in [0.05, 0.1) is 37.4 Å². The van der Waals surface area contributed by atoms with Crippen LogP contribution in [-0.2, 0) is 14.4 Å². The Hall–Kier alpha value is 3.07. The molecular weight excluding hydrogens is 737 g/mol. The lowest BCUT2D eigenvalue weighted by atomic mass is 10.6. The Kier molecular flexibility index (Phi) is 221. The van der Waals surface area contributed by atoms with Gasteiger partial charge in [0.2, 0.25) is 0 Å². The van der Waals surface area contributed by atoms with Crippen molar-refractivity contribution in [3.8, 4) is 0 Å². The second-order valence-corrected chi connectivity index (χ2v) is 9.09. The minimum Gasteiger partial charge on any atom is -0.300 e. The molecule has 0 aromatic rings. The molecule has 0 aliphatic rings. The fourth-order valence-electron chi connectivity index (χ4n) is 0. The summed E-state index contributed by atoms with van der Waals surface area (Å²) in [6.07, 6.45) is 0. The van der Waals surface area contributed by atoms with Gasteiger partial charge in [-0.3, -0.25) is 0 Å². The van der Waals surface area contributed by atoms with Gasteiger partial charge >= 0.3 is 0 Å². The molecule has 0 aliphatic heterocycles. The monoisotopic (exact) mass is 762 g/mol. The molecule has 0 saturated heterocycles. The van der Waals surface area contributed by atoms with Crippen LogP contribution in [0.4, 0.5) is 0 Å². The maximum Gasteiger partial charge on any atom is 0.126 e. The van der Waals surface area contributed by atoms with Crippen LogP contribution >= 0.6 is 162 Å². The van der Waals surface area contributed by atoms with Crippen LogP contribution in [0.1, 0.15) is 41.5 Å². The van der Waals surface area contributed by atoms with E-state index in [1.54, 1.807) is 0 Å². The van der Waals surface area contributed by atoms with Crippen LogP contribution in [0.15, 0.2) is 0 Å². The molecule has 17 heteroatoms. The van der Waals surface area contributed by atoms with E-state index >= 15 is 0 Å². The van der Waals surface area contributed by atoms with Gasteiger partial charge in [-0.1, -0.05) is 0 Å². The van der Waals surface area contributed by atoms with Crippen LogP contribution < -0.4 is 0 Å². The number of ketones is 3. The van der Waals surface area contributed by atoms with Gasteiger partial charge in [-0.2, -0.15) is 0 Å². The average Bonchev–Trinajstić information content (AvgIpc) is 2.57. The van der Waals surface area contributed by atoms with E-state index in [-0.39, 0.29) is 54.7 Å². The maximum atomic E-state index is 9.44. The Morgan fingerprint density at radius 2 is 0.303 bits per heavy atom. The molecular formula is C16H32Cl14O3. The van der Waals surface area contributed by atoms with E-state index in [2.05, 4.69) is 0 Å². The van der Waals surface area contributed by atoms with Crippen LogP contribution in [0.2, 0.25) is 0 Å². The summed E-state index contributed by atoms with van der Waals surface area (Å²) in [6, 6.07) is 0. The number of hydrogen-bond donors (Lipinski definition) is 0. The first-order valence-electron chi connectivity index (χ1n) is 7.35. The smallest absolute Gasteiger partial charge is 0.126 e. The molecule has 0 heterocycles. The van der Waals surface area contributed by atoms with Crippen molar-refractivity contribution in [1.29, 1.82) is 0 Å². The Balaban J connectivity index is -0.0000000223. The molecule has 0 fully saturated rings. The molecule has 3 nitrogen and oxygen atoms in total. The summed E-state index contributed by atoms with van der Waals surface area (Å²) < 4.78 is 0. The van der Waals surface area contributed by atoms with E-state index in [9.17, 15) is 14.4 Å². The zero-order chi connectivity index (χ0) is 29.7. The van der Waals surface area contributed by atoms with Gasteiger partial charge in [-0.25, -0.2) is 0 Å². The molecule has 0 unspecified atom stereocenters. The number of carbonyl (C=O) groups is 3. The molecule has 0 aromatic carbocycles. The summed E-state index contributed by atoms with van der Waals surface area (Å²) in [5.74, 6) is 0.500. The zero-order valence-corrected chi connectivity index (χ0v) is 29.5. The molecule has 0 radical (unpaired) electrons. The van der Waals surface area contributed by atoms with Crippen LogP contribution in [0.5, 0.6) is 0 Å². The SMILES string of the molecule is CC(C)=O.CC(C)=O.CC(C)=O.ClCCl.ClCCl.ClCCl.ClCCl.ClCCl.ClCCl.ClCCl. The summed E-state index contributed by atoms with van der Waals surface area (Å²) in [4.78, 5) is 28.3. The minimum atomic E-state index is 0.167. The second kappa shape index (κ2) is 112. The summed E-state index contributed by atoms with van der Waals surface area (Å²) in [7, 11) is 0. The van der Waals surface area contributed by atoms with E-state index < -0.39 is 0 Å². The van der Waals surface area contributed by atoms with Crippen molar-refractivity contribution in [2.75, 3.05) is 37.4 Å². The van der Waals surface area contributed by atoms with Crippen molar-refractivity contribution >= 4 is 180 Å². The van der Waals surface area contributed by atoms with E-state index in [1.807, 2.05) is 0 Å². The van der Waals surface area contributed by atoms with Gasteiger partial charge in [0.25, 0.3) is 0 Å². The third-order valence-electron chi connectivity index (χ3n) is 0. The lowest BCUT2D eigenvalue weighted by Gasteiger charge is -1.56. The molecule has 0 aliphatic carbocycles. The third kappa shape index (κ3) is 4070. The van der Waals surface area contributed by atoms with Crippen LogP contribution in [0.25, 0.3) is 0 Å². The van der Waals surface area contributed by atoms with E-state index in [1.165, 1.54) is 41.5 Å². The van der Waals surface area contributed by atoms with E-state index in [4.69, 9.17) is 162 Å². The highest BCUT2D eigenvalue weighted by atomic mass is 35.6. The lowest BCUT2D eigenvalue weighted by Crippen LogP contribution is -1.69. The van der Waals surface area contributed by atoms with E-state index in [0.29, 0.717) is 0 Å². The largest absolute Gasteiger partial charge is 0.300 e. The quantitative estimate of drug-likeness (QED) is 0.231. The Labute approximate surface area is 270 Å². The van der Waals surface area contributed by atoms with Crippen molar-refractivity contribution in [2.24, 2.45) is 0 Å². The van der Waals surface area contributed by atoms with E-state index in [0.717, 1.165) is 0 Å². The first-order valence-corrected chi connectivity index (χ1v) is 14.8. The van der Waals surface area contributed by atoms with Gasteiger partial charge in [0.15, 0.2) is 0 Å². The second-order valence-electron chi connectivity index (χ2n) is 3.43. The highest BCUT2D eigenvalue weighted by Gasteiger charge is 1.63. The normalized spacial score (nSPS) is 6.18. The number of Topliss-reactive ketones (excluding diaryl/α,β-unsaturated/α-hetero) is 3. The van der Waals surface area contributed by atoms with Crippen molar-refractivity contribution in [3.05, 3.63) is 0 Å². The minimum absolute atomic E-state index is 0.167. The summed E-state index contributed by atoms with van der Waals surface area (Å²) in [5, 5.41) is 1.36. The highest BCUT2D eigenvalue weighted by molar-refractivity contribution is 6.42. The number of hydrogen-bond acceptors (Lipinski definition) is 3. The summed E-state index contributed by atoms with van der Waals surface area (Å²) in [5.41, 5.74) is 0. The van der Waals surface area contributed by atoms with Gasteiger partial charge < -0.3 is 14.4 Å². The molecule has 0 N–H and O–H groups in total. The van der Waals surface area contributed by atoms with Crippen molar-refractivity contribution in [3.63, 3.8) is 0 Å². The topological polar surface area (TPSA) is 51.2 Å². The first kappa shape index (κ1) is 65.3. The number of halogens is 14. The molecule has 0 rings (SSSR count). The maximum absolute atomic E-state index is 9.44. The van der Waals surface area contributed by atoms with Crippen molar-refractivity contribution < 1.29 is 14.4 Å². The Morgan fingerprint density at radius 3 is 0.303 bits per heavy atom. The molecule has 0 bridgehead atoms. The van der Waals surface area contributed by atoms with Crippen LogP contribution in [0.3, 0.4) is 0 Å². The Morgan fingerprint density at radius 1 is 0.303 bits per heavy atom. The van der Waals surface area contributed by atoms with Gasteiger partial charge in [0.1, 0.15) is 17.3 Å². The van der Waals surface area contributed by atoms with Crippen LogP contribution in [-0.4, -0.2) is 54.7 Å². The van der Waals surface area contributed by atoms with Crippen molar-refractivity contribution in [2.45, 2.75) is 41.5 Å². The molecule has 0 atom stereocenters. The van der Waals surface area contributed by atoms with Gasteiger partial charge in [-0.05, 0) is 41.5 Å².